The second-order valence-corrected chi connectivity index (χ2v) is 3.86. The van der Waals surface area contributed by atoms with Crippen molar-refractivity contribution < 1.29 is 18.1 Å². The lowest BCUT2D eigenvalue weighted by molar-refractivity contribution is -0.0138. The second kappa shape index (κ2) is 4.71. The monoisotopic (exact) mass is 238 g/mol. The molecule has 0 heterocycles. The molecule has 0 aliphatic carbocycles. The van der Waals surface area contributed by atoms with Gasteiger partial charge in [0.25, 0.3) is 0 Å². The number of fused-ring (bicyclic) bond motifs is 1. The minimum atomic E-state index is -2.49. The highest BCUT2D eigenvalue weighted by molar-refractivity contribution is 7.74. The summed E-state index contributed by atoms with van der Waals surface area (Å²) in [5.41, 5.74) is 0.473. The van der Waals surface area contributed by atoms with Gasteiger partial charge < -0.3 is 5.11 Å². The fourth-order valence-corrected chi connectivity index (χ4v) is 1.86. The summed E-state index contributed by atoms with van der Waals surface area (Å²) < 4.78 is 23.4. The Kier molecular flexibility index (Phi) is 3.31. The van der Waals surface area contributed by atoms with Crippen LogP contribution in [0.3, 0.4) is 0 Å². The molecular formula is C11H10O4S. The zero-order valence-corrected chi connectivity index (χ0v) is 9.05. The van der Waals surface area contributed by atoms with Crippen LogP contribution in [-0.2, 0) is 15.5 Å². The molecule has 0 bridgehead atoms. The largest absolute Gasteiger partial charge is 0.363 e. The van der Waals surface area contributed by atoms with Crippen molar-refractivity contribution in [2.75, 3.05) is 0 Å². The van der Waals surface area contributed by atoms with Gasteiger partial charge in [-0.15, -0.1) is 0 Å². The molecule has 84 valence electrons. The molecule has 0 radical (unpaired) electrons. The van der Waals surface area contributed by atoms with E-state index in [1.54, 1.807) is 12.1 Å². The van der Waals surface area contributed by atoms with Crippen LogP contribution in [0.15, 0.2) is 42.5 Å². The van der Waals surface area contributed by atoms with E-state index in [1.165, 1.54) is 0 Å². The lowest BCUT2D eigenvalue weighted by Crippen LogP contribution is -2.05. The fourth-order valence-electron chi connectivity index (χ4n) is 1.60. The number of rotatable bonds is 3. The number of aliphatic hydroxyl groups is 1. The molecule has 2 N–H and O–H groups in total. The van der Waals surface area contributed by atoms with Gasteiger partial charge in [0.15, 0.2) is 6.29 Å². The SMILES string of the molecule is O=S(O)OC(O)c1cccc2ccccc12. The smallest absolute Gasteiger partial charge is 0.304 e. The first-order chi connectivity index (χ1) is 7.68. The van der Waals surface area contributed by atoms with Crippen LogP contribution in [0, 0.1) is 0 Å². The van der Waals surface area contributed by atoms with Crippen LogP contribution >= 0.6 is 0 Å². The summed E-state index contributed by atoms with van der Waals surface area (Å²) in [6.45, 7) is 0. The highest BCUT2D eigenvalue weighted by Crippen LogP contribution is 2.25. The zero-order valence-electron chi connectivity index (χ0n) is 8.24. The summed E-state index contributed by atoms with van der Waals surface area (Å²) >= 11 is -2.49. The molecular weight excluding hydrogens is 228 g/mol. The van der Waals surface area contributed by atoms with Gasteiger partial charge in [0.2, 0.25) is 0 Å². The first kappa shape index (κ1) is 11.2. The third-order valence-corrected chi connectivity index (χ3v) is 2.61. The van der Waals surface area contributed by atoms with Gasteiger partial charge in [0.05, 0.1) is 0 Å². The van der Waals surface area contributed by atoms with Crippen molar-refractivity contribution in [1.82, 2.24) is 0 Å². The Labute approximate surface area is 95.0 Å². The van der Waals surface area contributed by atoms with Gasteiger partial charge in [-0.25, -0.2) is 4.18 Å². The van der Waals surface area contributed by atoms with E-state index in [4.69, 9.17) is 4.55 Å². The molecule has 4 nitrogen and oxygen atoms in total. The van der Waals surface area contributed by atoms with Gasteiger partial charge in [-0.3, -0.25) is 4.55 Å². The van der Waals surface area contributed by atoms with Gasteiger partial charge in [0.1, 0.15) is 0 Å². The van der Waals surface area contributed by atoms with Gasteiger partial charge in [-0.2, -0.15) is 4.21 Å². The van der Waals surface area contributed by atoms with Crippen LogP contribution in [0.1, 0.15) is 11.9 Å². The van der Waals surface area contributed by atoms with Crippen LogP contribution in [0.4, 0.5) is 0 Å². The number of hydrogen-bond acceptors (Lipinski definition) is 3. The minimum Gasteiger partial charge on any atom is -0.363 e. The molecule has 16 heavy (non-hydrogen) atoms. The van der Waals surface area contributed by atoms with E-state index in [-0.39, 0.29) is 0 Å². The lowest BCUT2D eigenvalue weighted by Gasteiger charge is -2.11. The molecule has 2 atom stereocenters. The van der Waals surface area contributed by atoms with E-state index in [1.807, 2.05) is 30.3 Å². The van der Waals surface area contributed by atoms with Crippen LogP contribution in [0.2, 0.25) is 0 Å². The molecule has 0 spiro atoms. The van der Waals surface area contributed by atoms with Crippen molar-refractivity contribution in [1.29, 1.82) is 0 Å². The predicted molar refractivity (Wildman–Crippen MR) is 60.8 cm³/mol. The van der Waals surface area contributed by atoms with Crippen LogP contribution in [-0.4, -0.2) is 13.9 Å². The normalized spacial score (nSPS) is 14.9. The molecule has 0 aromatic heterocycles. The Morgan fingerprint density at radius 3 is 2.56 bits per heavy atom. The van der Waals surface area contributed by atoms with Gasteiger partial charge in [0, 0.05) is 5.56 Å². The third-order valence-electron chi connectivity index (χ3n) is 2.26. The predicted octanol–water partition coefficient (Wildman–Crippen LogP) is 1.98. The maximum atomic E-state index is 10.4. The van der Waals surface area contributed by atoms with Crippen molar-refractivity contribution in [3.05, 3.63) is 48.0 Å². The van der Waals surface area contributed by atoms with Crippen LogP contribution in [0.25, 0.3) is 10.8 Å². The Morgan fingerprint density at radius 1 is 1.12 bits per heavy atom. The second-order valence-electron chi connectivity index (χ2n) is 3.23. The van der Waals surface area contributed by atoms with Gasteiger partial charge >= 0.3 is 11.4 Å². The van der Waals surface area contributed by atoms with E-state index >= 15 is 0 Å². The van der Waals surface area contributed by atoms with Crippen molar-refractivity contribution in [3.63, 3.8) is 0 Å². The highest BCUT2D eigenvalue weighted by atomic mass is 32.2. The molecule has 0 aliphatic heterocycles. The molecule has 0 fully saturated rings. The summed E-state index contributed by atoms with van der Waals surface area (Å²) in [4.78, 5) is 0. The topological polar surface area (TPSA) is 66.8 Å². The highest BCUT2D eigenvalue weighted by Gasteiger charge is 2.13. The first-order valence-corrected chi connectivity index (χ1v) is 5.65. The average Bonchev–Trinajstić information content (AvgIpc) is 2.27. The first-order valence-electron chi connectivity index (χ1n) is 4.62. The molecule has 0 aliphatic rings. The molecule has 5 heteroatoms. The Morgan fingerprint density at radius 2 is 1.81 bits per heavy atom. The van der Waals surface area contributed by atoms with Crippen molar-refractivity contribution in [2.24, 2.45) is 0 Å². The summed E-state index contributed by atoms with van der Waals surface area (Å²) in [6.07, 6.45) is -1.41. The van der Waals surface area contributed by atoms with Crippen molar-refractivity contribution >= 4 is 22.1 Å². The number of hydrogen-bond donors (Lipinski definition) is 2. The Balaban J connectivity index is 2.47. The maximum Gasteiger partial charge on any atom is 0.304 e. The number of aliphatic hydroxyl groups excluding tert-OH is 1. The van der Waals surface area contributed by atoms with E-state index in [0.29, 0.717) is 5.56 Å². The van der Waals surface area contributed by atoms with Crippen molar-refractivity contribution in [3.8, 4) is 0 Å². The molecule has 0 amide bonds. The average molecular weight is 238 g/mol. The van der Waals surface area contributed by atoms with Crippen LogP contribution < -0.4 is 0 Å². The molecule has 2 rings (SSSR count). The fraction of sp³-hybridized carbons (Fsp3) is 0.0909. The van der Waals surface area contributed by atoms with E-state index < -0.39 is 17.7 Å². The lowest BCUT2D eigenvalue weighted by atomic mass is 10.0. The molecule has 2 aromatic rings. The van der Waals surface area contributed by atoms with Gasteiger partial charge in [-0.1, -0.05) is 42.5 Å². The molecule has 2 unspecified atom stereocenters. The van der Waals surface area contributed by atoms with E-state index in [2.05, 4.69) is 4.18 Å². The Hall–Kier alpha value is -1.27. The summed E-state index contributed by atoms with van der Waals surface area (Å²) in [5, 5.41) is 11.3. The summed E-state index contributed by atoms with van der Waals surface area (Å²) in [5.74, 6) is 0. The zero-order chi connectivity index (χ0) is 11.5. The van der Waals surface area contributed by atoms with E-state index in [0.717, 1.165) is 10.8 Å². The number of benzene rings is 2. The minimum absolute atomic E-state index is 0.473. The maximum absolute atomic E-state index is 10.4. The van der Waals surface area contributed by atoms with Crippen LogP contribution in [0.5, 0.6) is 0 Å². The quantitative estimate of drug-likeness (QED) is 0.634. The Bertz CT molecular complexity index is 521. The molecule has 0 saturated carbocycles. The standard InChI is InChI=1S/C11H10O4S/c12-11(15-16(13)14)10-7-3-5-8-4-1-2-6-9(8)10/h1-7,11-12H,(H,13,14). The third kappa shape index (κ3) is 2.28. The van der Waals surface area contributed by atoms with E-state index in [9.17, 15) is 9.32 Å². The molecule has 2 aromatic carbocycles. The van der Waals surface area contributed by atoms with Gasteiger partial charge in [-0.05, 0) is 10.8 Å². The summed E-state index contributed by atoms with van der Waals surface area (Å²) in [7, 11) is 0. The summed E-state index contributed by atoms with van der Waals surface area (Å²) in [6, 6.07) is 12.7. The molecule has 0 saturated heterocycles. The van der Waals surface area contributed by atoms with Crippen molar-refractivity contribution in [2.45, 2.75) is 6.29 Å².